The van der Waals surface area contributed by atoms with Crippen molar-refractivity contribution in [2.75, 3.05) is 6.54 Å². The molecule has 0 saturated heterocycles. The zero-order valence-corrected chi connectivity index (χ0v) is 12.4. The number of rotatable bonds is 3. The van der Waals surface area contributed by atoms with Crippen molar-refractivity contribution in [1.29, 1.82) is 0 Å². The molecule has 0 bridgehead atoms. The molecule has 1 saturated carbocycles. The van der Waals surface area contributed by atoms with E-state index in [0.717, 1.165) is 34.9 Å². The van der Waals surface area contributed by atoms with E-state index in [0.29, 0.717) is 11.3 Å². The maximum atomic E-state index is 12.0. The summed E-state index contributed by atoms with van der Waals surface area (Å²) >= 11 is 8.24. The van der Waals surface area contributed by atoms with Crippen molar-refractivity contribution in [2.45, 2.75) is 24.6 Å². The lowest BCUT2D eigenvalue weighted by molar-refractivity contribution is 0.0946. The first-order valence-corrected chi connectivity index (χ1v) is 7.35. The highest BCUT2D eigenvalue weighted by Crippen LogP contribution is 2.28. The molecule has 1 aromatic rings. The van der Waals surface area contributed by atoms with Gasteiger partial charge in [-0.2, -0.15) is 0 Å². The Labute approximate surface area is 120 Å². The number of carbonyl (C=O) groups excluding carboxylic acids is 1. The fourth-order valence-corrected chi connectivity index (χ4v) is 3.19. The number of carbonyl (C=O) groups is 1. The van der Waals surface area contributed by atoms with Crippen LogP contribution in [0.4, 0.5) is 0 Å². The molecular weight excluding hydrogens is 349 g/mol. The Kier molecular flexibility index (Phi) is 4.68. The lowest BCUT2D eigenvalue weighted by atomic mass is 10.1. The second-order valence-electron chi connectivity index (χ2n) is 4.47. The summed E-state index contributed by atoms with van der Waals surface area (Å²) < 4.78 is 0.990. The Balaban J connectivity index is 1.88. The minimum absolute atomic E-state index is 0.0213. The van der Waals surface area contributed by atoms with Crippen LogP contribution in [0.2, 0.25) is 0 Å². The van der Waals surface area contributed by atoms with Gasteiger partial charge in [-0.15, -0.1) is 11.6 Å². The summed E-state index contributed by atoms with van der Waals surface area (Å²) in [6, 6.07) is 7.63. The monoisotopic (exact) mass is 363 g/mol. The van der Waals surface area contributed by atoms with E-state index in [1.807, 2.05) is 24.3 Å². The van der Waals surface area contributed by atoms with Crippen molar-refractivity contribution in [3.8, 4) is 0 Å². The average Bonchev–Trinajstić information content (AvgIpc) is 2.73. The predicted octanol–water partition coefficient (Wildman–Crippen LogP) is 3.43. The topological polar surface area (TPSA) is 29.1 Å². The summed E-state index contributed by atoms with van der Waals surface area (Å²) in [7, 11) is 0. The smallest absolute Gasteiger partial charge is 0.252 e. The van der Waals surface area contributed by atoms with Gasteiger partial charge in [-0.25, -0.2) is 0 Å². The molecule has 92 valence electrons. The van der Waals surface area contributed by atoms with E-state index in [2.05, 4.69) is 27.9 Å². The molecule has 1 N–H and O–H groups in total. The largest absolute Gasteiger partial charge is 0.352 e. The number of hydrogen-bond acceptors (Lipinski definition) is 1. The quantitative estimate of drug-likeness (QED) is 0.647. The van der Waals surface area contributed by atoms with Gasteiger partial charge in [0.2, 0.25) is 0 Å². The van der Waals surface area contributed by atoms with E-state index in [1.165, 1.54) is 0 Å². The molecule has 4 heteroatoms. The standard InChI is InChI=1S/C13H15ClINO/c14-10-6-5-9(7-10)8-16-13(17)11-3-1-2-4-12(11)15/h1-4,9-10H,5-8H2,(H,16,17). The third kappa shape index (κ3) is 3.58. The van der Waals surface area contributed by atoms with Gasteiger partial charge in [-0.05, 0) is 59.9 Å². The van der Waals surface area contributed by atoms with Gasteiger partial charge < -0.3 is 5.32 Å². The molecule has 2 unspecified atom stereocenters. The molecule has 1 aromatic carbocycles. The maximum Gasteiger partial charge on any atom is 0.252 e. The molecule has 2 nitrogen and oxygen atoms in total. The molecule has 2 atom stereocenters. The predicted molar refractivity (Wildman–Crippen MR) is 78.5 cm³/mol. The van der Waals surface area contributed by atoms with Crippen LogP contribution in [0.15, 0.2) is 24.3 Å². The molecule has 0 radical (unpaired) electrons. The summed E-state index contributed by atoms with van der Waals surface area (Å²) in [6.45, 7) is 0.743. The van der Waals surface area contributed by atoms with Crippen LogP contribution in [-0.4, -0.2) is 17.8 Å². The molecule has 0 spiro atoms. The van der Waals surface area contributed by atoms with Crippen molar-refractivity contribution in [3.63, 3.8) is 0 Å². The molecule has 1 fully saturated rings. The van der Waals surface area contributed by atoms with Crippen molar-refractivity contribution >= 4 is 40.1 Å². The van der Waals surface area contributed by atoms with Gasteiger partial charge in [-0.1, -0.05) is 12.1 Å². The second-order valence-corrected chi connectivity index (χ2v) is 6.25. The number of hydrogen-bond donors (Lipinski definition) is 1. The van der Waals surface area contributed by atoms with Crippen molar-refractivity contribution in [3.05, 3.63) is 33.4 Å². The Hall–Kier alpha value is -0.290. The van der Waals surface area contributed by atoms with Gasteiger partial charge in [0.1, 0.15) is 0 Å². The summed E-state index contributed by atoms with van der Waals surface area (Å²) in [4.78, 5) is 12.0. The molecule has 17 heavy (non-hydrogen) atoms. The van der Waals surface area contributed by atoms with Crippen LogP contribution < -0.4 is 5.32 Å². The first kappa shape index (κ1) is 13.1. The lowest BCUT2D eigenvalue weighted by Crippen LogP contribution is -2.29. The van der Waals surface area contributed by atoms with Crippen LogP contribution in [0.5, 0.6) is 0 Å². The molecule has 0 aliphatic heterocycles. The SMILES string of the molecule is O=C(NCC1CCC(Cl)C1)c1ccccc1I. The number of alkyl halides is 1. The first-order chi connectivity index (χ1) is 8.16. The van der Waals surface area contributed by atoms with Crippen LogP contribution in [0.25, 0.3) is 0 Å². The van der Waals surface area contributed by atoms with E-state index in [1.54, 1.807) is 0 Å². The molecule has 1 amide bonds. The van der Waals surface area contributed by atoms with Crippen molar-refractivity contribution in [2.24, 2.45) is 5.92 Å². The zero-order chi connectivity index (χ0) is 12.3. The molecular formula is C13H15ClINO. The van der Waals surface area contributed by atoms with Gasteiger partial charge in [0.15, 0.2) is 0 Å². The highest BCUT2D eigenvalue weighted by atomic mass is 127. The van der Waals surface area contributed by atoms with Gasteiger partial charge in [-0.3, -0.25) is 4.79 Å². The summed E-state index contributed by atoms with van der Waals surface area (Å²) in [5.41, 5.74) is 0.758. The first-order valence-electron chi connectivity index (χ1n) is 5.83. The molecule has 0 aromatic heterocycles. The molecule has 1 aliphatic carbocycles. The summed E-state index contributed by atoms with van der Waals surface area (Å²) in [5, 5.41) is 3.30. The van der Waals surface area contributed by atoms with E-state index < -0.39 is 0 Å². The van der Waals surface area contributed by atoms with Crippen LogP contribution >= 0.6 is 34.2 Å². The zero-order valence-electron chi connectivity index (χ0n) is 9.46. The third-order valence-electron chi connectivity index (χ3n) is 3.15. The van der Waals surface area contributed by atoms with Crippen LogP contribution in [0.1, 0.15) is 29.6 Å². The maximum absolute atomic E-state index is 12.0. The van der Waals surface area contributed by atoms with E-state index in [-0.39, 0.29) is 5.91 Å². The third-order valence-corrected chi connectivity index (χ3v) is 4.48. The van der Waals surface area contributed by atoms with Crippen molar-refractivity contribution in [1.82, 2.24) is 5.32 Å². The summed E-state index contributed by atoms with van der Waals surface area (Å²) in [5.74, 6) is 0.566. The number of amides is 1. The Morgan fingerprint density at radius 2 is 2.18 bits per heavy atom. The Morgan fingerprint density at radius 3 is 2.82 bits per heavy atom. The average molecular weight is 364 g/mol. The normalized spacial score (nSPS) is 23.6. The van der Waals surface area contributed by atoms with Crippen LogP contribution in [-0.2, 0) is 0 Å². The van der Waals surface area contributed by atoms with Gasteiger partial charge >= 0.3 is 0 Å². The molecule has 1 aliphatic rings. The number of benzene rings is 1. The summed E-state index contributed by atoms with van der Waals surface area (Å²) in [6.07, 6.45) is 3.22. The minimum atomic E-state index is 0.0213. The Bertz CT molecular complexity index is 410. The van der Waals surface area contributed by atoms with Gasteiger partial charge in [0.25, 0.3) is 5.91 Å². The fourth-order valence-electron chi connectivity index (χ4n) is 2.18. The molecule has 0 heterocycles. The van der Waals surface area contributed by atoms with E-state index in [9.17, 15) is 4.79 Å². The molecule has 2 rings (SSSR count). The van der Waals surface area contributed by atoms with Crippen LogP contribution in [0.3, 0.4) is 0 Å². The minimum Gasteiger partial charge on any atom is -0.352 e. The second kappa shape index (κ2) is 6.05. The van der Waals surface area contributed by atoms with Gasteiger partial charge in [0, 0.05) is 15.5 Å². The van der Waals surface area contributed by atoms with Gasteiger partial charge in [0.05, 0.1) is 5.56 Å². The Morgan fingerprint density at radius 1 is 1.41 bits per heavy atom. The highest BCUT2D eigenvalue weighted by molar-refractivity contribution is 14.1. The lowest BCUT2D eigenvalue weighted by Gasteiger charge is -2.11. The number of halogens is 2. The highest BCUT2D eigenvalue weighted by Gasteiger charge is 2.23. The number of nitrogens with one attached hydrogen (secondary N) is 1. The van der Waals surface area contributed by atoms with E-state index in [4.69, 9.17) is 11.6 Å². The fraction of sp³-hybridized carbons (Fsp3) is 0.462. The van der Waals surface area contributed by atoms with E-state index >= 15 is 0 Å². The van der Waals surface area contributed by atoms with Crippen molar-refractivity contribution < 1.29 is 4.79 Å². The van der Waals surface area contributed by atoms with Crippen LogP contribution in [0, 0.1) is 9.49 Å².